The van der Waals surface area contributed by atoms with Gasteiger partial charge in [-0.05, 0) is 39.5 Å². The number of hydrogen-bond donors (Lipinski definition) is 1. The van der Waals surface area contributed by atoms with E-state index >= 15 is 0 Å². The fourth-order valence-electron chi connectivity index (χ4n) is 2.22. The molecule has 0 saturated heterocycles. The monoisotopic (exact) mass is 235 g/mol. The highest BCUT2D eigenvalue weighted by atomic mass is 16.5. The van der Waals surface area contributed by atoms with Crippen LogP contribution in [0, 0.1) is 0 Å². The second-order valence-electron chi connectivity index (χ2n) is 4.29. The average molecular weight is 235 g/mol. The van der Waals surface area contributed by atoms with Crippen molar-refractivity contribution in [3.63, 3.8) is 0 Å². The van der Waals surface area contributed by atoms with Gasteiger partial charge in [0.1, 0.15) is 12.4 Å². The van der Waals surface area contributed by atoms with Crippen molar-refractivity contribution in [1.29, 1.82) is 0 Å². The van der Waals surface area contributed by atoms with E-state index in [9.17, 15) is 0 Å². The molecule has 4 heteroatoms. The molecule has 94 valence electrons. The number of fused-ring (bicyclic) bond motifs is 1. The third-order valence-electron chi connectivity index (χ3n) is 3.01. The molecule has 1 aromatic rings. The van der Waals surface area contributed by atoms with Crippen LogP contribution in [0.3, 0.4) is 0 Å². The van der Waals surface area contributed by atoms with Gasteiger partial charge in [0.05, 0.1) is 0 Å². The Hall–Kier alpha value is -1.16. The molecule has 0 fully saturated rings. The Morgan fingerprint density at radius 2 is 2.00 bits per heavy atom. The van der Waals surface area contributed by atoms with Crippen LogP contribution in [0.5, 0.6) is 0 Å². The minimum absolute atomic E-state index is 0.516. The predicted octanol–water partition coefficient (Wildman–Crippen LogP) is 2.32. The van der Waals surface area contributed by atoms with E-state index in [1.165, 1.54) is 24.1 Å². The summed E-state index contributed by atoms with van der Waals surface area (Å²) in [6.07, 6.45) is 4.67. The molecule has 0 atom stereocenters. The van der Waals surface area contributed by atoms with Crippen LogP contribution in [0.25, 0.3) is 0 Å². The van der Waals surface area contributed by atoms with Crippen LogP contribution >= 0.6 is 0 Å². The molecule has 17 heavy (non-hydrogen) atoms. The molecule has 0 aromatic carbocycles. The summed E-state index contributed by atoms with van der Waals surface area (Å²) in [6.45, 7) is 6.21. The molecule has 1 N–H and O–H groups in total. The summed E-state index contributed by atoms with van der Waals surface area (Å²) in [5, 5.41) is 3.35. The van der Waals surface area contributed by atoms with Crippen LogP contribution in [-0.2, 0) is 24.2 Å². The van der Waals surface area contributed by atoms with Crippen LogP contribution < -0.4 is 5.32 Å². The quantitative estimate of drug-likeness (QED) is 0.851. The lowest BCUT2D eigenvalue weighted by Gasteiger charge is -2.19. The van der Waals surface area contributed by atoms with Crippen molar-refractivity contribution in [2.24, 2.45) is 0 Å². The summed E-state index contributed by atoms with van der Waals surface area (Å²) in [6, 6.07) is 0. The minimum Gasteiger partial charge on any atom is -0.374 e. The molecule has 1 aliphatic carbocycles. The van der Waals surface area contributed by atoms with Gasteiger partial charge in [-0.3, -0.25) is 0 Å². The third kappa shape index (κ3) is 2.94. The zero-order chi connectivity index (χ0) is 12.1. The standard InChI is InChI=1S/C13H21N3O/c1-3-14-13-10-7-5-6-8-11(10)15-12(16-13)9-17-4-2/h3-9H2,1-2H3,(H,14,15,16). The van der Waals surface area contributed by atoms with E-state index in [2.05, 4.69) is 22.2 Å². The van der Waals surface area contributed by atoms with Crippen molar-refractivity contribution in [3.8, 4) is 0 Å². The van der Waals surface area contributed by atoms with Crippen LogP contribution in [0.15, 0.2) is 0 Å². The van der Waals surface area contributed by atoms with E-state index in [4.69, 9.17) is 4.74 Å². The Labute approximate surface area is 103 Å². The number of nitrogens with zero attached hydrogens (tertiary/aromatic N) is 2. The maximum atomic E-state index is 5.39. The van der Waals surface area contributed by atoms with E-state index < -0.39 is 0 Å². The van der Waals surface area contributed by atoms with Crippen LogP contribution in [0.4, 0.5) is 5.82 Å². The normalized spacial score (nSPS) is 14.5. The molecule has 4 nitrogen and oxygen atoms in total. The first-order chi connectivity index (χ1) is 8.35. The zero-order valence-corrected chi connectivity index (χ0v) is 10.8. The summed E-state index contributed by atoms with van der Waals surface area (Å²) in [7, 11) is 0. The van der Waals surface area contributed by atoms with Crippen molar-refractivity contribution < 1.29 is 4.74 Å². The number of rotatable bonds is 5. The van der Waals surface area contributed by atoms with E-state index in [1.54, 1.807) is 0 Å². The highest BCUT2D eigenvalue weighted by molar-refractivity contribution is 5.47. The molecule has 2 rings (SSSR count). The number of ether oxygens (including phenoxy) is 1. The van der Waals surface area contributed by atoms with Crippen molar-refractivity contribution in [3.05, 3.63) is 17.1 Å². The number of nitrogens with one attached hydrogen (secondary N) is 1. The highest BCUT2D eigenvalue weighted by Crippen LogP contribution is 2.25. The smallest absolute Gasteiger partial charge is 0.156 e. The van der Waals surface area contributed by atoms with Crippen molar-refractivity contribution in [2.45, 2.75) is 46.1 Å². The Balaban J connectivity index is 2.27. The lowest BCUT2D eigenvalue weighted by Crippen LogP contribution is -2.15. The first-order valence-electron chi connectivity index (χ1n) is 6.55. The SMILES string of the molecule is CCNc1nc(COCC)nc2c1CCCC2. The summed E-state index contributed by atoms with van der Waals surface area (Å²) >= 11 is 0. The van der Waals surface area contributed by atoms with Crippen molar-refractivity contribution in [2.75, 3.05) is 18.5 Å². The first-order valence-corrected chi connectivity index (χ1v) is 6.55. The van der Waals surface area contributed by atoms with E-state index in [0.717, 1.165) is 31.0 Å². The van der Waals surface area contributed by atoms with Gasteiger partial charge in [-0.15, -0.1) is 0 Å². The van der Waals surface area contributed by atoms with Gasteiger partial charge in [0.2, 0.25) is 0 Å². The van der Waals surface area contributed by atoms with Crippen molar-refractivity contribution >= 4 is 5.82 Å². The van der Waals surface area contributed by atoms with Gasteiger partial charge >= 0.3 is 0 Å². The maximum absolute atomic E-state index is 5.39. The summed E-state index contributed by atoms with van der Waals surface area (Å²) in [4.78, 5) is 9.18. The molecule has 0 radical (unpaired) electrons. The molecule has 1 aliphatic rings. The lowest BCUT2D eigenvalue weighted by atomic mass is 9.96. The average Bonchev–Trinajstić information content (AvgIpc) is 2.37. The lowest BCUT2D eigenvalue weighted by molar-refractivity contribution is 0.128. The molecule has 0 amide bonds. The molecule has 0 unspecified atom stereocenters. The van der Waals surface area contributed by atoms with E-state index in [1.807, 2.05) is 6.92 Å². The first kappa shape index (κ1) is 12.3. The second kappa shape index (κ2) is 5.96. The molecule has 0 bridgehead atoms. The number of anilines is 1. The predicted molar refractivity (Wildman–Crippen MR) is 68.2 cm³/mol. The van der Waals surface area contributed by atoms with Gasteiger partial charge in [-0.2, -0.15) is 0 Å². The fourth-order valence-corrected chi connectivity index (χ4v) is 2.22. The van der Waals surface area contributed by atoms with Crippen molar-refractivity contribution in [1.82, 2.24) is 9.97 Å². The minimum atomic E-state index is 0.516. The van der Waals surface area contributed by atoms with Gasteiger partial charge in [-0.25, -0.2) is 9.97 Å². The van der Waals surface area contributed by atoms with Gasteiger partial charge < -0.3 is 10.1 Å². The number of hydrogen-bond acceptors (Lipinski definition) is 4. The highest BCUT2D eigenvalue weighted by Gasteiger charge is 2.17. The zero-order valence-electron chi connectivity index (χ0n) is 10.8. The Morgan fingerprint density at radius 3 is 2.76 bits per heavy atom. The van der Waals surface area contributed by atoms with E-state index in [-0.39, 0.29) is 0 Å². The Kier molecular flexibility index (Phi) is 4.31. The van der Waals surface area contributed by atoms with Crippen LogP contribution in [0.1, 0.15) is 43.8 Å². The fraction of sp³-hybridized carbons (Fsp3) is 0.692. The third-order valence-corrected chi connectivity index (χ3v) is 3.01. The van der Waals surface area contributed by atoms with E-state index in [0.29, 0.717) is 13.2 Å². The summed E-state index contributed by atoms with van der Waals surface area (Å²) in [5.41, 5.74) is 2.54. The van der Waals surface area contributed by atoms with Gasteiger partial charge in [0, 0.05) is 24.4 Å². The van der Waals surface area contributed by atoms with Crippen LogP contribution in [0.2, 0.25) is 0 Å². The topological polar surface area (TPSA) is 47.0 Å². The molecule has 1 aromatic heterocycles. The molecule has 1 heterocycles. The van der Waals surface area contributed by atoms with Gasteiger partial charge in [0.15, 0.2) is 5.82 Å². The second-order valence-corrected chi connectivity index (χ2v) is 4.29. The molecule has 0 spiro atoms. The largest absolute Gasteiger partial charge is 0.374 e. The van der Waals surface area contributed by atoms with Crippen LogP contribution in [-0.4, -0.2) is 23.1 Å². The Morgan fingerprint density at radius 1 is 1.18 bits per heavy atom. The maximum Gasteiger partial charge on any atom is 0.156 e. The molecular formula is C13H21N3O. The van der Waals surface area contributed by atoms with Gasteiger partial charge in [0.25, 0.3) is 0 Å². The summed E-state index contributed by atoms with van der Waals surface area (Å²) in [5.74, 6) is 1.83. The molecular weight excluding hydrogens is 214 g/mol. The molecule has 0 saturated carbocycles. The summed E-state index contributed by atoms with van der Waals surface area (Å²) < 4.78 is 5.39. The molecule has 0 aliphatic heterocycles. The Bertz CT molecular complexity index is 379. The van der Waals surface area contributed by atoms with Gasteiger partial charge in [-0.1, -0.05) is 0 Å². The number of aryl methyl sites for hydroxylation is 1. The number of aromatic nitrogens is 2.